The van der Waals surface area contributed by atoms with Crippen LogP contribution in [0.5, 0.6) is 5.75 Å². The SMILES string of the molecule is CC(C)(C#N)CCCOc1c(F)cc(CN)cc1F. The van der Waals surface area contributed by atoms with Gasteiger partial charge in [-0.2, -0.15) is 5.26 Å². The average molecular weight is 268 g/mol. The zero-order valence-corrected chi connectivity index (χ0v) is 11.2. The molecule has 5 heteroatoms. The first-order chi connectivity index (χ1) is 8.89. The molecular formula is C14H18F2N2O. The van der Waals surface area contributed by atoms with E-state index in [-0.39, 0.29) is 18.9 Å². The van der Waals surface area contributed by atoms with Gasteiger partial charge < -0.3 is 10.5 Å². The average Bonchev–Trinajstić information content (AvgIpc) is 2.36. The van der Waals surface area contributed by atoms with Gasteiger partial charge in [0.1, 0.15) is 0 Å². The zero-order valence-electron chi connectivity index (χ0n) is 11.2. The maximum atomic E-state index is 13.6. The molecule has 0 aliphatic rings. The van der Waals surface area contributed by atoms with E-state index in [1.807, 2.05) is 13.8 Å². The largest absolute Gasteiger partial charge is 0.488 e. The summed E-state index contributed by atoms with van der Waals surface area (Å²) in [5.74, 6) is -1.88. The van der Waals surface area contributed by atoms with Crippen molar-refractivity contribution in [3.05, 3.63) is 29.3 Å². The summed E-state index contributed by atoms with van der Waals surface area (Å²) in [4.78, 5) is 0. The lowest BCUT2D eigenvalue weighted by Crippen LogP contribution is -2.11. The fourth-order valence-corrected chi connectivity index (χ4v) is 1.61. The van der Waals surface area contributed by atoms with Crippen LogP contribution in [0.1, 0.15) is 32.3 Å². The summed E-state index contributed by atoms with van der Waals surface area (Å²) in [5.41, 5.74) is 5.25. The van der Waals surface area contributed by atoms with Gasteiger partial charge in [-0.25, -0.2) is 8.78 Å². The van der Waals surface area contributed by atoms with Gasteiger partial charge >= 0.3 is 0 Å². The summed E-state index contributed by atoms with van der Waals surface area (Å²) in [6, 6.07) is 4.49. The third-order valence-electron chi connectivity index (χ3n) is 2.79. The zero-order chi connectivity index (χ0) is 14.5. The maximum Gasteiger partial charge on any atom is 0.190 e. The highest BCUT2D eigenvalue weighted by molar-refractivity contribution is 5.31. The van der Waals surface area contributed by atoms with E-state index in [1.165, 1.54) is 0 Å². The van der Waals surface area contributed by atoms with E-state index in [2.05, 4.69) is 6.07 Å². The van der Waals surface area contributed by atoms with E-state index in [0.717, 1.165) is 12.1 Å². The van der Waals surface area contributed by atoms with Crippen molar-refractivity contribution in [1.29, 1.82) is 5.26 Å². The smallest absolute Gasteiger partial charge is 0.190 e. The van der Waals surface area contributed by atoms with Gasteiger partial charge in [-0.15, -0.1) is 0 Å². The lowest BCUT2D eigenvalue weighted by molar-refractivity contribution is 0.260. The van der Waals surface area contributed by atoms with E-state index < -0.39 is 17.0 Å². The van der Waals surface area contributed by atoms with Crippen molar-refractivity contribution >= 4 is 0 Å². The Labute approximate surface area is 112 Å². The molecule has 0 aliphatic carbocycles. The van der Waals surface area contributed by atoms with Gasteiger partial charge in [-0.1, -0.05) is 0 Å². The Hall–Kier alpha value is -1.67. The number of hydrogen-bond acceptors (Lipinski definition) is 3. The third-order valence-corrected chi connectivity index (χ3v) is 2.79. The van der Waals surface area contributed by atoms with Crippen LogP contribution in [0.4, 0.5) is 8.78 Å². The van der Waals surface area contributed by atoms with Gasteiger partial charge in [0.05, 0.1) is 18.1 Å². The Morgan fingerprint density at radius 3 is 2.37 bits per heavy atom. The second-order valence-electron chi connectivity index (χ2n) is 5.04. The van der Waals surface area contributed by atoms with Crippen molar-refractivity contribution in [3.63, 3.8) is 0 Å². The molecule has 0 spiro atoms. The van der Waals surface area contributed by atoms with Crippen LogP contribution in [0.15, 0.2) is 12.1 Å². The second kappa shape index (κ2) is 6.48. The first-order valence-corrected chi connectivity index (χ1v) is 6.11. The Bertz CT molecular complexity index is 458. The summed E-state index contributed by atoms with van der Waals surface area (Å²) >= 11 is 0. The number of ether oxygens (including phenoxy) is 1. The van der Waals surface area contributed by atoms with Crippen LogP contribution in [0.2, 0.25) is 0 Å². The molecule has 104 valence electrons. The fraction of sp³-hybridized carbons (Fsp3) is 0.500. The van der Waals surface area contributed by atoms with E-state index in [0.29, 0.717) is 18.4 Å². The molecule has 0 amide bonds. The molecule has 1 aromatic carbocycles. The van der Waals surface area contributed by atoms with Gasteiger partial charge in [0, 0.05) is 6.54 Å². The van der Waals surface area contributed by atoms with Crippen LogP contribution in [0.3, 0.4) is 0 Å². The first-order valence-electron chi connectivity index (χ1n) is 6.11. The molecule has 3 nitrogen and oxygen atoms in total. The number of hydrogen-bond donors (Lipinski definition) is 1. The van der Waals surface area contributed by atoms with E-state index in [1.54, 1.807) is 0 Å². The van der Waals surface area contributed by atoms with Crippen LogP contribution >= 0.6 is 0 Å². The highest BCUT2D eigenvalue weighted by Gasteiger charge is 2.17. The molecule has 0 radical (unpaired) electrons. The van der Waals surface area contributed by atoms with E-state index in [9.17, 15) is 8.78 Å². The molecule has 0 atom stereocenters. The van der Waals surface area contributed by atoms with Gasteiger partial charge in [0.2, 0.25) is 0 Å². The normalized spacial score (nSPS) is 11.2. The third kappa shape index (κ3) is 4.49. The molecule has 0 aromatic heterocycles. The summed E-state index contributed by atoms with van der Waals surface area (Å²) in [6.45, 7) is 3.86. The van der Waals surface area contributed by atoms with Gasteiger partial charge in [-0.05, 0) is 44.4 Å². The molecule has 19 heavy (non-hydrogen) atoms. The summed E-state index contributed by atoms with van der Waals surface area (Å²) in [6.07, 6.45) is 1.16. The van der Waals surface area contributed by atoms with Crippen molar-refractivity contribution in [3.8, 4) is 11.8 Å². The first kappa shape index (κ1) is 15.4. The van der Waals surface area contributed by atoms with Crippen molar-refractivity contribution in [2.45, 2.75) is 33.2 Å². The number of nitrogens with zero attached hydrogens (tertiary/aromatic N) is 1. The minimum atomic E-state index is -0.750. The van der Waals surface area contributed by atoms with Crippen molar-refractivity contribution in [2.75, 3.05) is 6.61 Å². The minimum absolute atomic E-state index is 0.0739. The van der Waals surface area contributed by atoms with Gasteiger partial charge in [-0.3, -0.25) is 0 Å². The number of benzene rings is 1. The highest BCUT2D eigenvalue weighted by atomic mass is 19.1. The molecule has 0 heterocycles. The standard InChI is InChI=1S/C14H18F2N2O/c1-14(2,9-18)4-3-5-19-13-11(15)6-10(8-17)7-12(13)16/h6-7H,3-5,8,17H2,1-2H3. The molecule has 1 aromatic rings. The Morgan fingerprint density at radius 1 is 1.32 bits per heavy atom. The quantitative estimate of drug-likeness (QED) is 0.806. The molecule has 2 N–H and O–H groups in total. The highest BCUT2D eigenvalue weighted by Crippen LogP contribution is 2.25. The number of nitrogens with two attached hydrogens (primary N) is 1. The number of halogens is 2. The van der Waals surface area contributed by atoms with Crippen molar-refractivity contribution < 1.29 is 13.5 Å². The van der Waals surface area contributed by atoms with Gasteiger partial charge in [0.25, 0.3) is 0 Å². The summed E-state index contributed by atoms with van der Waals surface area (Å²) in [5, 5.41) is 8.83. The summed E-state index contributed by atoms with van der Waals surface area (Å²) < 4.78 is 32.2. The number of rotatable bonds is 6. The van der Waals surface area contributed by atoms with Crippen LogP contribution in [0, 0.1) is 28.4 Å². The topological polar surface area (TPSA) is 59.0 Å². The Balaban J connectivity index is 2.57. The Morgan fingerprint density at radius 2 is 1.89 bits per heavy atom. The molecule has 0 unspecified atom stereocenters. The van der Waals surface area contributed by atoms with Crippen LogP contribution in [0.25, 0.3) is 0 Å². The molecule has 0 saturated carbocycles. The monoisotopic (exact) mass is 268 g/mol. The van der Waals surface area contributed by atoms with Crippen molar-refractivity contribution in [2.24, 2.45) is 11.1 Å². The summed E-state index contributed by atoms with van der Waals surface area (Å²) in [7, 11) is 0. The van der Waals surface area contributed by atoms with Crippen molar-refractivity contribution in [1.82, 2.24) is 0 Å². The number of nitriles is 1. The predicted molar refractivity (Wildman–Crippen MR) is 68.4 cm³/mol. The van der Waals surface area contributed by atoms with E-state index >= 15 is 0 Å². The molecule has 0 aliphatic heterocycles. The predicted octanol–water partition coefficient (Wildman–Crippen LogP) is 3.13. The van der Waals surface area contributed by atoms with Crippen LogP contribution < -0.4 is 10.5 Å². The van der Waals surface area contributed by atoms with Gasteiger partial charge in [0.15, 0.2) is 17.4 Å². The van der Waals surface area contributed by atoms with Crippen LogP contribution in [-0.4, -0.2) is 6.61 Å². The molecule has 0 fully saturated rings. The minimum Gasteiger partial charge on any atom is -0.488 e. The maximum absolute atomic E-state index is 13.6. The molecule has 0 bridgehead atoms. The lowest BCUT2D eigenvalue weighted by atomic mass is 9.90. The fourth-order valence-electron chi connectivity index (χ4n) is 1.61. The molecular weight excluding hydrogens is 250 g/mol. The lowest BCUT2D eigenvalue weighted by Gasteiger charge is -2.15. The second-order valence-corrected chi connectivity index (χ2v) is 5.04. The Kier molecular flexibility index (Phi) is 5.25. The molecule has 0 saturated heterocycles. The van der Waals surface area contributed by atoms with E-state index in [4.69, 9.17) is 15.7 Å². The molecule has 1 rings (SSSR count). The van der Waals surface area contributed by atoms with Crippen LogP contribution in [-0.2, 0) is 6.54 Å².